The van der Waals surface area contributed by atoms with Gasteiger partial charge in [-0.15, -0.1) is 0 Å². The molecule has 50 heavy (non-hydrogen) atoms. The van der Waals surface area contributed by atoms with E-state index in [-0.39, 0.29) is 11.6 Å². The quantitative estimate of drug-likeness (QED) is 0.0848. The molecule has 0 unspecified atom stereocenters. The van der Waals surface area contributed by atoms with Crippen molar-refractivity contribution >= 4 is 25.6 Å². The van der Waals surface area contributed by atoms with Gasteiger partial charge < -0.3 is 28.1 Å². The van der Waals surface area contributed by atoms with Gasteiger partial charge in [-0.2, -0.15) is 0 Å². The van der Waals surface area contributed by atoms with E-state index in [0.29, 0.717) is 30.8 Å². The van der Waals surface area contributed by atoms with Gasteiger partial charge in [0.05, 0.1) is 26.4 Å². The van der Waals surface area contributed by atoms with E-state index < -0.39 is 39.0 Å². The van der Waals surface area contributed by atoms with Crippen molar-refractivity contribution < 1.29 is 28.1 Å². The highest BCUT2D eigenvalue weighted by Gasteiger charge is 2.54. The molecule has 1 aliphatic heterocycles. The SMILES string of the molecule is CC(C)C(C)(C)[Si](C)(C)O[C@@H]1O[C@H](COCc2ccccc2)[C@@H](OCc2ccccc2)[C@H](OCc2ccccc2)[C@H]1OC(=S)c1ccccc1. The molecule has 1 fully saturated rings. The van der Waals surface area contributed by atoms with Crippen LogP contribution in [0, 0.1) is 5.92 Å². The number of benzene rings is 4. The van der Waals surface area contributed by atoms with Crippen molar-refractivity contribution in [3.8, 4) is 0 Å². The van der Waals surface area contributed by atoms with Crippen molar-refractivity contribution in [3.05, 3.63) is 144 Å². The summed E-state index contributed by atoms with van der Waals surface area (Å²) >= 11 is 5.93. The van der Waals surface area contributed by atoms with Crippen LogP contribution in [0.2, 0.25) is 18.1 Å². The fraction of sp³-hybridized carbons (Fsp3) is 0.405. The van der Waals surface area contributed by atoms with Crippen LogP contribution in [0.4, 0.5) is 0 Å². The normalized spacial score (nSPS) is 21.2. The molecule has 5 rings (SSSR count). The maximum atomic E-state index is 7.18. The average Bonchev–Trinajstić information content (AvgIpc) is 3.12. The zero-order valence-corrected chi connectivity index (χ0v) is 32.0. The van der Waals surface area contributed by atoms with E-state index in [1.54, 1.807) is 0 Å². The predicted octanol–water partition coefficient (Wildman–Crippen LogP) is 9.52. The van der Waals surface area contributed by atoms with E-state index in [0.717, 1.165) is 22.3 Å². The summed E-state index contributed by atoms with van der Waals surface area (Å²) in [5.74, 6) is 0.384. The Balaban J connectivity index is 1.53. The van der Waals surface area contributed by atoms with Crippen LogP contribution in [0.1, 0.15) is 49.9 Å². The van der Waals surface area contributed by atoms with Crippen molar-refractivity contribution in [1.29, 1.82) is 0 Å². The first-order chi connectivity index (χ1) is 24.0. The lowest BCUT2D eigenvalue weighted by Gasteiger charge is -2.50. The summed E-state index contributed by atoms with van der Waals surface area (Å²) in [5, 5.41) is 0.269. The minimum Gasteiger partial charge on any atom is -0.471 e. The molecule has 5 atom stereocenters. The number of thiocarbonyl (C=S) groups is 1. The lowest BCUT2D eigenvalue weighted by molar-refractivity contribution is -0.299. The maximum absolute atomic E-state index is 7.18. The molecule has 0 aliphatic carbocycles. The molecule has 0 N–H and O–H groups in total. The van der Waals surface area contributed by atoms with Crippen LogP contribution < -0.4 is 0 Å². The largest absolute Gasteiger partial charge is 0.471 e. The van der Waals surface area contributed by atoms with Gasteiger partial charge in [-0.1, -0.05) is 149 Å². The van der Waals surface area contributed by atoms with Gasteiger partial charge in [-0.3, -0.25) is 0 Å². The van der Waals surface area contributed by atoms with Crippen molar-refractivity contribution in [2.24, 2.45) is 5.92 Å². The van der Waals surface area contributed by atoms with E-state index in [9.17, 15) is 0 Å². The number of hydrogen-bond acceptors (Lipinski definition) is 7. The van der Waals surface area contributed by atoms with Crippen LogP contribution in [0.15, 0.2) is 121 Å². The van der Waals surface area contributed by atoms with Gasteiger partial charge in [0, 0.05) is 5.56 Å². The van der Waals surface area contributed by atoms with Crippen molar-refractivity contribution in [2.45, 2.75) is 96.4 Å². The van der Waals surface area contributed by atoms with Gasteiger partial charge in [-0.25, -0.2) is 0 Å². The van der Waals surface area contributed by atoms with Crippen LogP contribution in [0.3, 0.4) is 0 Å². The molecule has 0 aromatic heterocycles. The van der Waals surface area contributed by atoms with Gasteiger partial charge in [0.25, 0.3) is 0 Å². The zero-order chi connectivity index (χ0) is 35.6. The highest BCUT2D eigenvalue weighted by molar-refractivity contribution is 7.80. The predicted molar refractivity (Wildman–Crippen MR) is 205 cm³/mol. The molecule has 0 spiro atoms. The fourth-order valence-corrected chi connectivity index (χ4v) is 8.64. The monoisotopic (exact) mass is 712 g/mol. The summed E-state index contributed by atoms with van der Waals surface area (Å²) in [6.45, 7) is 15.0. The maximum Gasteiger partial charge on any atom is 0.196 e. The van der Waals surface area contributed by atoms with E-state index in [4.69, 9.17) is 40.3 Å². The van der Waals surface area contributed by atoms with Crippen LogP contribution in [-0.4, -0.2) is 50.7 Å². The van der Waals surface area contributed by atoms with E-state index in [1.165, 1.54) is 0 Å². The Hall–Kier alpha value is -3.21. The molecule has 266 valence electrons. The van der Waals surface area contributed by atoms with Gasteiger partial charge in [-0.05, 0) is 53.0 Å². The second kappa shape index (κ2) is 17.8. The minimum atomic E-state index is -2.46. The van der Waals surface area contributed by atoms with Crippen LogP contribution >= 0.6 is 12.2 Å². The molecule has 1 aliphatic rings. The average molecular weight is 713 g/mol. The van der Waals surface area contributed by atoms with E-state index in [1.807, 2.05) is 84.9 Å². The van der Waals surface area contributed by atoms with Crippen LogP contribution in [0.25, 0.3) is 0 Å². The molecule has 4 aromatic carbocycles. The summed E-state index contributed by atoms with van der Waals surface area (Å²) in [6.07, 6.45) is -3.23. The molecule has 0 amide bonds. The number of rotatable bonds is 16. The second-order valence-corrected chi connectivity index (χ2v) is 19.2. The first kappa shape index (κ1) is 38.0. The third kappa shape index (κ3) is 9.97. The fourth-order valence-electron chi connectivity index (χ4n) is 5.93. The first-order valence-corrected chi connectivity index (χ1v) is 20.9. The van der Waals surface area contributed by atoms with Gasteiger partial charge >= 0.3 is 0 Å². The lowest BCUT2D eigenvalue weighted by atomic mass is 9.98. The van der Waals surface area contributed by atoms with Crippen molar-refractivity contribution in [2.75, 3.05) is 6.61 Å². The van der Waals surface area contributed by atoms with Crippen molar-refractivity contribution in [1.82, 2.24) is 0 Å². The Bertz CT molecular complexity index is 1590. The standard InChI is InChI=1S/C42H52O6SSi/c1-31(2)42(3,4)50(5,6)48-40-39(47-41(49)35-25-17-10-18-26-35)38(45-29-34-23-15-9-16-24-34)37(44-28-33-21-13-8-14-22-33)36(46-40)30-43-27-32-19-11-7-12-20-32/h7-26,31,36-40H,27-30H2,1-6H3/t36-,37-,38+,39-,40+/m1/s1. The molecular weight excluding hydrogens is 661 g/mol. The highest BCUT2D eigenvalue weighted by Crippen LogP contribution is 2.46. The van der Waals surface area contributed by atoms with Gasteiger partial charge in [0.1, 0.15) is 18.3 Å². The molecule has 0 bridgehead atoms. The summed E-state index contributed by atoms with van der Waals surface area (Å²) in [7, 11) is -2.46. The number of ether oxygens (including phenoxy) is 5. The Morgan fingerprint density at radius 3 is 1.64 bits per heavy atom. The molecule has 8 heteroatoms. The molecular formula is C42H52O6SSi. The van der Waals surface area contributed by atoms with Crippen LogP contribution in [0.5, 0.6) is 0 Å². The summed E-state index contributed by atoms with van der Waals surface area (Å²) in [5.41, 5.74) is 3.96. The molecule has 6 nitrogen and oxygen atoms in total. The lowest BCUT2D eigenvalue weighted by Crippen LogP contribution is -2.64. The van der Waals surface area contributed by atoms with E-state index >= 15 is 0 Å². The Morgan fingerprint density at radius 1 is 0.680 bits per heavy atom. The van der Waals surface area contributed by atoms with E-state index in [2.05, 4.69) is 77.2 Å². The molecule has 0 radical (unpaired) electrons. The summed E-state index contributed by atoms with van der Waals surface area (Å²) in [6, 6.07) is 40.2. The van der Waals surface area contributed by atoms with Gasteiger partial charge in [0.15, 0.2) is 25.8 Å². The Morgan fingerprint density at radius 2 is 1.14 bits per heavy atom. The minimum absolute atomic E-state index is 0.0821. The summed E-state index contributed by atoms with van der Waals surface area (Å²) < 4.78 is 40.9. The molecule has 0 saturated carbocycles. The Labute approximate surface area is 305 Å². The van der Waals surface area contributed by atoms with Gasteiger partial charge in [0.2, 0.25) is 0 Å². The second-order valence-electron chi connectivity index (χ2n) is 14.3. The Kier molecular flexibility index (Phi) is 13.6. The zero-order valence-electron chi connectivity index (χ0n) is 30.2. The number of hydrogen-bond donors (Lipinski definition) is 0. The highest BCUT2D eigenvalue weighted by atomic mass is 32.1. The third-order valence-electron chi connectivity index (χ3n) is 10.2. The summed E-state index contributed by atoms with van der Waals surface area (Å²) in [4.78, 5) is 0. The topological polar surface area (TPSA) is 55.4 Å². The molecule has 1 saturated heterocycles. The van der Waals surface area contributed by atoms with Crippen LogP contribution in [-0.2, 0) is 47.9 Å². The molecule has 1 heterocycles. The molecule has 4 aromatic rings. The third-order valence-corrected chi connectivity index (χ3v) is 15.0. The van der Waals surface area contributed by atoms with Crippen molar-refractivity contribution in [3.63, 3.8) is 0 Å². The smallest absolute Gasteiger partial charge is 0.196 e. The first-order valence-electron chi connectivity index (χ1n) is 17.6.